The Morgan fingerprint density at radius 2 is 1.60 bits per heavy atom. The molecule has 2 fully saturated rings. The number of methoxy groups -OCH3 is 2. The van der Waals surface area contributed by atoms with Gasteiger partial charge in [0.2, 0.25) is 0 Å². The first kappa shape index (κ1) is 27.5. The van der Waals surface area contributed by atoms with Crippen LogP contribution >= 0.6 is 11.7 Å². The van der Waals surface area contributed by atoms with Crippen LogP contribution in [0.3, 0.4) is 0 Å². The second-order valence-corrected chi connectivity index (χ2v) is 13.7. The van der Waals surface area contributed by atoms with Crippen molar-refractivity contribution < 1.29 is 26.8 Å². The van der Waals surface area contributed by atoms with Crippen LogP contribution in [-0.2, 0) is 21.1 Å². The van der Waals surface area contributed by atoms with Crippen LogP contribution in [0.2, 0.25) is 0 Å². The van der Waals surface area contributed by atoms with Crippen molar-refractivity contribution in [3.05, 3.63) is 65.7 Å². The van der Waals surface area contributed by atoms with Crippen molar-refractivity contribution in [3.63, 3.8) is 0 Å². The number of aromatic nitrogens is 2. The van der Waals surface area contributed by atoms with Crippen LogP contribution in [0.4, 0.5) is 0 Å². The molecular formula is C32H34N2O6S2. The summed E-state index contributed by atoms with van der Waals surface area (Å²) in [7, 11) is -1.04. The molecule has 1 spiro atoms. The molecule has 3 aliphatic rings. The highest BCUT2D eigenvalue weighted by molar-refractivity contribution is 7.87. The summed E-state index contributed by atoms with van der Waals surface area (Å²) in [6.07, 6.45) is 9.50. The maximum atomic E-state index is 13.9. The maximum absolute atomic E-state index is 13.9. The van der Waals surface area contributed by atoms with E-state index in [1.807, 2.05) is 24.3 Å². The van der Waals surface area contributed by atoms with Crippen LogP contribution in [0.1, 0.15) is 68.9 Å². The first-order valence-electron chi connectivity index (χ1n) is 14.6. The lowest BCUT2D eigenvalue weighted by Crippen LogP contribution is -2.57. The number of benzene rings is 3. The molecule has 220 valence electrons. The number of hydrogen-bond acceptors (Lipinski definition) is 9. The third kappa shape index (κ3) is 4.25. The average molecular weight is 607 g/mol. The lowest BCUT2D eigenvalue weighted by molar-refractivity contribution is -0.0956. The van der Waals surface area contributed by atoms with Crippen molar-refractivity contribution in [2.45, 2.75) is 73.7 Å². The van der Waals surface area contributed by atoms with Crippen molar-refractivity contribution in [2.75, 3.05) is 14.2 Å². The Bertz CT molecular complexity index is 1750. The van der Waals surface area contributed by atoms with Crippen LogP contribution < -0.4 is 18.4 Å². The Kier molecular flexibility index (Phi) is 6.81. The smallest absolute Gasteiger partial charge is 0.341 e. The summed E-state index contributed by atoms with van der Waals surface area (Å²) in [5.74, 6) is 2.44. The van der Waals surface area contributed by atoms with Crippen LogP contribution in [-0.4, -0.2) is 31.4 Å². The molecule has 2 aliphatic carbocycles. The quantitative estimate of drug-likeness (QED) is 0.213. The number of ether oxygens (including phenoxy) is 3. The molecule has 2 heterocycles. The van der Waals surface area contributed by atoms with Gasteiger partial charge in [0.15, 0.2) is 5.75 Å². The van der Waals surface area contributed by atoms with E-state index >= 15 is 0 Å². The number of fused-ring (bicyclic) bond motifs is 5. The minimum absolute atomic E-state index is 0.0105. The molecule has 4 aromatic rings. The Hall–Kier alpha value is -3.37. The maximum Gasteiger partial charge on any atom is 0.341 e. The van der Waals surface area contributed by atoms with E-state index in [4.69, 9.17) is 18.4 Å². The van der Waals surface area contributed by atoms with Crippen molar-refractivity contribution in [1.82, 2.24) is 8.75 Å². The number of rotatable bonds is 6. The van der Waals surface area contributed by atoms with Gasteiger partial charge in [-0.25, -0.2) is 0 Å². The van der Waals surface area contributed by atoms with E-state index in [1.165, 1.54) is 18.1 Å². The normalized spacial score (nSPS) is 23.0. The zero-order valence-corrected chi connectivity index (χ0v) is 25.4. The van der Waals surface area contributed by atoms with Gasteiger partial charge in [0.05, 0.1) is 25.9 Å². The lowest BCUT2D eigenvalue weighted by atomic mass is 9.51. The van der Waals surface area contributed by atoms with Gasteiger partial charge in [-0.05, 0) is 62.4 Å². The highest BCUT2D eigenvalue weighted by atomic mass is 32.2. The van der Waals surface area contributed by atoms with E-state index in [0.717, 1.165) is 80.2 Å². The average Bonchev–Trinajstić information content (AvgIpc) is 3.50. The molecule has 0 radical (unpaired) electrons. The molecule has 1 aromatic heterocycles. The summed E-state index contributed by atoms with van der Waals surface area (Å²) in [5, 5.41) is 0. The summed E-state index contributed by atoms with van der Waals surface area (Å²) in [5.41, 5.74) is 1.95. The van der Waals surface area contributed by atoms with Gasteiger partial charge in [-0.15, -0.1) is 0 Å². The molecule has 0 saturated heterocycles. The lowest BCUT2D eigenvalue weighted by Gasteiger charge is -2.58. The highest BCUT2D eigenvalue weighted by Crippen LogP contribution is 2.64. The topological polar surface area (TPSA) is 96.8 Å². The fraction of sp³-hybridized carbons (Fsp3) is 0.438. The first-order valence-corrected chi connectivity index (χ1v) is 16.8. The first-order chi connectivity index (χ1) is 20.4. The Morgan fingerprint density at radius 1 is 0.857 bits per heavy atom. The Morgan fingerprint density at radius 3 is 2.38 bits per heavy atom. The summed E-state index contributed by atoms with van der Waals surface area (Å²) < 4.78 is 60.7. The monoisotopic (exact) mass is 606 g/mol. The van der Waals surface area contributed by atoms with Crippen LogP contribution in [0.5, 0.6) is 23.0 Å². The summed E-state index contributed by atoms with van der Waals surface area (Å²) in [6, 6.07) is 16.6. The minimum atomic E-state index is -4.27. The van der Waals surface area contributed by atoms with Gasteiger partial charge < -0.3 is 18.4 Å². The highest BCUT2D eigenvalue weighted by Gasteiger charge is 2.60. The third-order valence-corrected chi connectivity index (χ3v) is 11.5. The summed E-state index contributed by atoms with van der Waals surface area (Å²) in [6.45, 7) is 0. The molecule has 3 aromatic carbocycles. The van der Waals surface area contributed by atoms with Gasteiger partial charge >= 0.3 is 10.1 Å². The van der Waals surface area contributed by atoms with E-state index in [9.17, 15) is 8.42 Å². The van der Waals surface area contributed by atoms with Gasteiger partial charge in [0, 0.05) is 34.6 Å². The minimum Gasteiger partial charge on any atom is -0.497 e. The Balaban J connectivity index is 1.42. The van der Waals surface area contributed by atoms with Crippen molar-refractivity contribution in [1.29, 1.82) is 0 Å². The predicted molar refractivity (Wildman–Crippen MR) is 160 cm³/mol. The molecule has 0 bridgehead atoms. The van der Waals surface area contributed by atoms with Crippen molar-refractivity contribution in [2.24, 2.45) is 5.92 Å². The predicted octanol–water partition coefficient (Wildman–Crippen LogP) is 7.16. The molecular weight excluding hydrogens is 572 g/mol. The number of nitrogens with zero attached hydrogens (tertiary/aromatic N) is 2. The second-order valence-electron chi connectivity index (χ2n) is 11.7. The zero-order chi connectivity index (χ0) is 29.0. The van der Waals surface area contributed by atoms with Gasteiger partial charge in [-0.2, -0.15) is 17.2 Å². The fourth-order valence-electron chi connectivity index (χ4n) is 7.87. The van der Waals surface area contributed by atoms with Crippen LogP contribution in [0.15, 0.2) is 59.5 Å². The third-order valence-electron chi connectivity index (χ3n) is 9.65. The van der Waals surface area contributed by atoms with E-state index in [2.05, 4.69) is 14.8 Å². The Labute approximate surface area is 250 Å². The van der Waals surface area contributed by atoms with Gasteiger partial charge in [0.25, 0.3) is 0 Å². The van der Waals surface area contributed by atoms with Crippen LogP contribution in [0.25, 0.3) is 11.0 Å². The number of hydrogen-bond donors (Lipinski definition) is 0. The molecule has 42 heavy (non-hydrogen) atoms. The van der Waals surface area contributed by atoms with Crippen molar-refractivity contribution in [3.8, 4) is 23.0 Å². The molecule has 2 atom stereocenters. The molecule has 0 amide bonds. The molecule has 1 aliphatic heterocycles. The van der Waals surface area contributed by atoms with Gasteiger partial charge in [0.1, 0.15) is 38.8 Å². The summed E-state index contributed by atoms with van der Waals surface area (Å²) in [4.78, 5) is -0.0105. The van der Waals surface area contributed by atoms with E-state index in [1.54, 1.807) is 32.4 Å². The molecule has 2 saturated carbocycles. The zero-order valence-electron chi connectivity index (χ0n) is 23.8. The van der Waals surface area contributed by atoms with Gasteiger partial charge in [-0.3, -0.25) is 0 Å². The second kappa shape index (κ2) is 10.4. The van der Waals surface area contributed by atoms with Gasteiger partial charge in [-0.1, -0.05) is 37.8 Å². The fourth-order valence-corrected chi connectivity index (χ4v) is 9.57. The standard InChI is InChI=1S/C32H34N2O6S2/c1-37-21-12-14-23-26(19-21)39-32(18-7-4-11-29(32)31(23)16-5-3-6-17-31)24-15-13-22(38-2)20-27(24)40-42(35,36)28-10-8-9-25-30(28)34-41-33-25/h8-10,12-15,19-20,29H,3-7,11,16-18H2,1-2H3/t29-,32+/m1/s1. The largest absolute Gasteiger partial charge is 0.497 e. The molecule has 10 heteroatoms. The molecule has 0 N–H and O–H groups in total. The SMILES string of the molecule is COc1ccc2c(c1)O[C@]1(c3ccc(OC)cc3OS(=O)(=O)c3cccc4nsnc34)CCCC[C@@H]1C21CCCCC1. The van der Waals surface area contributed by atoms with E-state index < -0.39 is 15.7 Å². The van der Waals surface area contributed by atoms with Crippen molar-refractivity contribution >= 4 is 32.9 Å². The molecule has 7 rings (SSSR count). The van der Waals surface area contributed by atoms with E-state index in [-0.39, 0.29) is 22.0 Å². The van der Waals surface area contributed by atoms with E-state index in [0.29, 0.717) is 16.8 Å². The molecule has 8 nitrogen and oxygen atoms in total. The molecule has 0 unspecified atom stereocenters. The summed E-state index contributed by atoms with van der Waals surface area (Å²) >= 11 is 0.974. The van der Waals surface area contributed by atoms with Crippen LogP contribution in [0, 0.1) is 5.92 Å².